The Labute approximate surface area is 244 Å². The molecule has 7 nitrogen and oxygen atoms in total. The molecule has 0 fully saturated rings. The van der Waals surface area contributed by atoms with Crippen molar-refractivity contribution in [2.24, 2.45) is 0 Å². The third-order valence-corrected chi connectivity index (χ3v) is 5.75. The fourth-order valence-electron chi connectivity index (χ4n) is 3.09. The number of aliphatic hydroxyl groups is 2. The molecule has 0 saturated carbocycles. The number of aliphatic hydroxyl groups excluding tert-OH is 2. The number of hydrogen-bond donors (Lipinski definition) is 4. The third-order valence-electron chi connectivity index (χ3n) is 4.82. The molecule has 1 heterocycles. The molecule has 0 bridgehead atoms. The van der Waals surface area contributed by atoms with Crippen LogP contribution < -0.4 is 10.6 Å². The molecule has 0 spiro atoms. The van der Waals surface area contributed by atoms with Gasteiger partial charge in [-0.15, -0.1) is 24.5 Å². The van der Waals surface area contributed by atoms with E-state index in [1.165, 1.54) is 4.90 Å². The summed E-state index contributed by atoms with van der Waals surface area (Å²) in [6, 6.07) is 3.70. The summed E-state index contributed by atoms with van der Waals surface area (Å²) in [5, 5.41) is 28.4. The second kappa shape index (κ2) is 31.8. The lowest BCUT2D eigenvalue weighted by atomic mass is 10.1. The lowest BCUT2D eigenvalue weighted by molar-refractivity contribution is -0.154. The number of carbonyl (C=O) groups is 2. The molecule has 8 heteroatoms. The molecule has 0 saturated heterocycles. The molecular weight excluding hydrogens is 510 g/mol. The van der Waals surface area contributed by atoms with Gasteiger partial charge in [0.2, 0.25) is 0 Å². The first kappa shape index (κ1) is 43.6. The van der Waals surface area contributed by atoms with Crippen molar-refractivity contribution in [1.82, 2.24) is 15.5 Å². The second-order valence-corrected chi connectivity index (χ2v) is 8.34. The zero-order valence-electron chi connectivity index (χ0n) is 26.4. The number of allylic oxidation sites excluding steroid dienone is 2. The van der Waals surface area contributed by atoms with E-state index in [9.17, 15) is 19.8 Å². The molecule has 1 rings (SSSR count). The van der Waals surface area contributed by atoms with Gasteiger partial charge in [0.1, 0.15) is 0 Å². The average molecular weight is 570 g/mol. The number of amides is 2. The van der Waals surface area contributed by atoms with Crippen LogP contribution in [0.15, 0.2) is 54.6 Å². The van der Waals surface area contributed by atoms with Gasteiger partial charge in [0.05, 0.1) is 0 Å². The van der Waals surface area contributed by atoms with Crippen LogP contribution in [-0.4, -0.2) is 64.8 Å². The molecule has 3 unspecified atom stereocenters. The maximum atomic E-state index is 12.8. The molecule has 0 aromatic carbocycles. The Morgan fingerprint density at radius 2 is 1.64 bits per heavy atom. The minimum absolute atomic E-state index is 0.188. The van der Waals surface area contributed by atoms with Crippen LogP contribution in [0.5, 0.6) is 0 Å². The monoisotopic (exact) mass is 569 g/mol. The summed E-state index contributed by atoms with van der Waals surface area (Å²) in [7, 11) is 0. The largest absolute Gasteiger partial charge is 0.386 e. The quantitative estimate of drug-likeness (QED) is 0.160. The van der Waals surface area contributed by atoms with E-state index in [1.54, 1.807) is 11.3 Å². The standard InChI is InChI=1S/C23H37N3O4S.3C2H6.C2H4/c1-5-15-26(17(4)10-8-11-18(6-2)24-7-3)23(30)21(28)20(27)22(29)25-14-13-19-12-9-16-31-19;4*1-2/h6,8-9,11-12,16-17,20-21,24,27-28H,5,7,10,13-15H2,1-4H3,(H,25,29);3*1-2H3;1-2H2/b11-8-,18-6+;;;;. The van der Waals surface area contributed by atoms with Gasteiger partial charge in [0.15, 0.2) is 12.2 Å². The minimum atomic E-state index is -1.80. The number of thiophene rings is 1. The maximum Gasteiger partial charge on any atom is 0.254 e. The van der Waals surface area contributed by atoms with Gasteiger partial charge < -0.3 is 25.7 Å². The fraction of sp³-hybridized carbons (Fsp3) is 0.613. The zero-order chi connectivity index (χ0) is 31.2. The first-order chi connectivity index (χ1) is 18.8. The highest BCUT2D eigenvalue weighted by molar-refractivity contribution is 7.09. The van der Waals surface area contributed by atoms with Crippen LogP contribution in [0.4, 0.5) is 0 Å². The lowest BCUT2D eigenvalue weighted by Gasteiger charge is -2.31. The molecule has 1 aromatic rings. The first-order valence-corrected chi connectivity index (χ1v) is 15.3. The van der Waals surface area contributed by atoms with E-state index in [4.69, 9.17) is 0 Å². The van der Waals surface area contributed by atoms with Crippen LogP contribution in [0.3, 0.4) is 0 Å². The van der Waals surface area contributed by atoms with Crippen LogP contribution in [0, 0.1) is 0 Å². The van der Waals surface area contributed by atoms with Crippen molar-refractivity contribution in [2.45, 2.75) is 107 Å². The summed E-state index contributed by atoms with van der Waals surface area (Å²) in [5.41, 5.74) is 0.998. The van der Waals surface area contributed by atoms with E-state index in [-0.39, 0.29) is 6.04 Å². The normalized spacial score (nSPS) is 12.4. The second-order valence-electron chi connectivity index (χ2n) is 7.30. The molecule has 2 amide bonds. The van der Waals surface area contributed by atoms with E-state index in [0.29, 0.717) is 32.4 Å². The number of likely N-dealkylation sites (N-methyl/N-ethyl adjacent to an activating group) is 1. The van der Waals surface area contributed by atoms with Gasteiger partial charge in [-0.25, -0.2) is 0 Å². The van der Waals surface area contributed by atoms with Crippen molar-refractivity contribution in [3.8, 4) is 0 Å². The molecular formula is C31H59N3O4S. The van der Waals surface area contributed by atoms with Crippen LogP contribution in [0.2, 0.25) is 0 Å². The molecule has 0 aliphatic rings. The Hall–Kier alpha value is -2.42. The van der Waals surface area contributed by atoms with Crippen molar-refractivity contribution in [2.75, 3.05) is 19.6 Å². The number of nitrogens with one attached hydrogen (secondary N) is 2. The molecule has 0 radical (unpaired) electrons. The van der Waals surface area contributed by atoms with E-state index in [1.807, 2.05) is 105 Å². The predicted octanol–water partition coefficient (Wildman–Crippen LogP) is 6.10. The van der Waals surface area contributed by atoms with Crippen LogP contribution in [0.1, 0.15) is 87.0 Å². The van der Waals surface area contributed by atoms with Crippen molar-refractivity contribution >= 4 is 23.2 Å². The van der Waals surface area contributed by atoms with E-state index in [0.717, 1.165) is 17.1 Å². The van der Waals surface area contributed by atoms with E-state index < -0.39 is 24.0 Å². The van der Waals surface area contributed by atoms with Crippen LogP contribution in [0.25, 0.3) is 0 Å². The smallest absolute Gasteiger partial charge is 0.254 e. The summed E-state index contributed by atoms with van der Waals surface area (Å²) >= 11 is 1.58. The Bertz CT molecular complexity index is 736. The Kier molecular flexibility index (Phi) is 35.6. The topological polar surface area (TPSA) is 102 Å². The van der Waals surface area contributed by atoms with Crippen molar-refractivity contribution in [1.29, 1.82) is 0 Å². The first-order valence-electron chi connectivity index (χ1n) is 14.4. The summed E-state index contributed by atoms with van der Waals surface area (Å²) < 4.78 is 0. The maximum absolute atomic E-state index is 12.8. The number of hydrogen-bond acceptors (Lipinski definition) is 6. The third kappa shape index (κ3) is 20.2. The van der Waals surface area contributed by atoms with Gasteiger partial charge >= 0.3 is 0 Å². The van der Waals surface area contributed by atoms with Crippen molar-refractivity contribution in [3.63, 3.8) is 0 Å². The number of carbonyl (C=O) groups excluding carboxylic acids is 2. The Morgan fingerprint density at radius 3 is 2.10 bits per heavy atom. The Morgan fingerprint density at radius 1 is 1.05 bits per heavy atom. The van der Waals surface area contributed by atoms with E-state index in [2.05, 4.69) is 23.8 Å². The average Bonchev–Trinajstić information content (AvgIpc) is 3.52. The highest BCUT2D eigenvalue weighted by Gasteiger charge is 2.34. The van der Waals surface area contributed by atoms with Gasteiger partial charge in [-0.1, -0.05) is 66.7 Å². The number of rotatable bonds is 14. The van der Waals surface area contributed by atoms with Gasteiger partial charge in [-0.3, -0.25) is 9.59 Å². The van der Waals surface area contributed by atoms with Gasteiger partial charge in [0, 0.05) is 36.3 Å². The highest BCUT2D eigenvalue weighted by Crippen LogP contribution is 2.12. The molecule has 39 heavy (non-hydrogen) atoms. The molecule has 0 aliphatic heterocycles. The molecule has 228 valence electrons. The van der Waals surface area contributed by atoms with Crippen LogP contribution >= 0.6 is 11.3 Å². The minimum Gasteiger partial charge on any atom is -0.386 e. The van der Waals surface area contributed by atoms with Crippen LogP contribution in [-0.2, 0) is 16.0 Å². The molecule has 3 atom stereocenters. The fourth-order valence-corrected chi connectivity index (χ4v) is 3.79. The summed E-state index contributed by atoms with van der Waals surface area (Å²) in [6.45, 7) is 27.4. The molecule has 4 N–H and O–H groups in total. The predicted molar refractivity (Wildman–Crippen MR) is 171 cm³/mol. The zero-order valence-corrected chi connectivity index (χ0v) is 27.2. The summed E-state index contributed by atoms with van der Waals surface area (Å²) in [4.78, 5) is 27.7. The summed E-state index contributed by atoms with van der Waals surface area (Å²) in [6.07, 6.45) is 4.22. The molecule has 0 aliphatic carbocycles. The van der Waals surface area contributed by atoms with Gasteiger partial charge in [-0.05, 0) is 57.6 Å². The van der Waals surface area contributed by atoms with Gasteiger partial charge in [0.25, 0.3) is 11.8 Å². The van der Waals surface area contributed by atoms with Crippen molar-refractivity contribution in [3.05, 3.63) is 59.5 Å². The van der Waals surface area contributed by atoms with Crippen molar-refractivity contribution < 1.29 is 19.8 Å². The molecule has 1 aromatic heterocycles. The lowest BCUT2D eigenvalue weighted by Crippen LogP contribution is -2.53. The Balaban J connectivity index is -0.000000697. The van der Waals surface area contributed by atoms with E-state index >= 15 is 0 Å². The highest BCUT2D eigenvalue weighted by atomic mass is 32.1. The SMILES string of the molecule is C/C=C(\C=C/CC(C)N(CCC)C(=O)C(O)C(O)C(=O)NCCc1cccs1)NCC.C=C.CC.CC.CC. The number of nitrogens with zero attached hydrogens (tertiary/aromatic N) is 1. The van der Waals surface area contributed by atoms with Gasteiger partial charge in [-0.2, -0.15) is 0 Å². The summed E-state index contributed by atoms with van der Waals surface area (Å²) in [5.74, 6) is -1.38.